The molecule has 1 aliphatic heterocycles. The summed E-state index contributed by atoms with van der Waals surface area (Å²) in [6, 6.07) is 3.90. The topological polar surface area (TPSA) is 64.4 Å². The molecule has 1 aliphatic rings. The summed E-state index contributed by atoms with van der Waals surface area (Å²) in [5, 5.41) is 14.2. The standard InChI is InChI=1S/C14H19FN2O3/c15-12-4-5-14(17(18)19)11(9-12)10-20-8-6-13-3-1-2-7-16-13/h4-5,9,13,16H,1-3,6-8,10H2. The zero-order chi connectivity index (χ0) is 14.4. The Labute approximate surface area is 117 Å². The first kappa shape index (κ1) is 14.9. The number of nitrogens with one attached hydrogen (secondary N) is 1. The molecule has 1 aromatic rings. The van der Waals surface area contributed by atoms with E-state index in [4.69, 9.17) is 4.74 Å². The van der Waals surface area contributed by atoms with Crippen LogP contribution in [0, 0.1) is 15.9 Å². The fourth-order valence-electron chi connectivity index (χ4n) is 2.43. The second kappa shape index (κ2) is 7.31. The van der Waals surface area contributed by atoms with Crippen LogP contribution in [0.15, 0.2) is 18.2 Å². The second-order valence-electron chi connectivity index (χ2n) is 5.02. The number of hydrogen-bond donors (Lipinski definition) is 1. The minimum absolute atomic E-state index is 0.0702. The van der Waals surface area contributed by atoms with E-state index in [1.54, 1.807) is 0 Å². The number of benzene rings is 1. The maximum Gasteiger partial charge on any atom is 0.275 e. The minimum Gasteiger partial charge on any atom is -0.376 e. The van der Waals surface area contributed by atoms with Crippen molar-refractivity contribution >= 4 is 5.69 Å². The summed E-state index contributed by atoms with van der Waals surface area (Å²) >= 11 is 0. The predicted molar refractivity (Wildman–Crippen MR) is 73.0 cm³/mol. The fraction of sp³-hybridized carbons (Fsp3) is 0.571. The maximum atomic E-state index is 13.1. The molecule has 2 rings (SSSR count). The molecule has 20 heavy (non-hydrogen) atoms. The molecule has 0 aliphatic carbocycles. The first-order chi connectivity index (χ1) is 9.66. The smallest absolute Gasteiger partial charge is 0.275 e. The van der Waals surface area contributed by atoms with E-state index in [0.717, 1.165) is 31.5 Å². The molecule has 5 nitrogen and oxygen atoms in total. The lowest BCUT2D eigenvalue weighted by molar-refractivity contribution is -0.386. The van der Waals surface area contributed by atoms with Crippen molar-refractivity contribution < 1.29 is 14.1 Å². The third-order valence-corrected chi connectivity index (χ3v) is 3.52. The number of hydrogen-bond acceptors (Lipinski definition) is 4. The zero-order valence-corrected chi connectivity index (χ0v) is 11.3. The predicted octanol–water partition coefficient (Wildman–Crippen LogP) is 2.78. The molecule has 1 unspecified atom stereocenters. The van der Waals surface area contributed by atoms with Crippen LogP contribution in [0.2, 0.25) is 0 Å². The van der Waals surface area contributed by atoms with E-state index in [-0.39, 0.29) is 17.9 Å². The van der Waals surface area contributed by atoms with E-state index >= 15 is 0 Å². The van der Waals surface area contributed by atoms with Crippen molar-refractivity contribution in [2.45, 2.75) is 38.3 Å². The van der Waals surface area contributed by atoms with Gasteiger partial charge in [0.05, 0.1) is 17.1 Å². The molecule has 0 radical (unpaired) electrons. The first-order valence-electron chi connectivity index (χ1n) is 6.91. The van der Waals surface area contributed by atoms with Gasteiger partial charge in [-0.1, -0.05) is 6.42 Å². The molecular formula is C14H19FN2O3. The fourth-order valence-corrected chi connectivity index (χ4v) is 2.43. The van der Waals surface area contributed by atoms with Gasteiger partial charge < -0.3 is 10.1 Å². The molecule has 1 fully saturated rings. The maximum absolute atomic E-state index is 13.1. The summed E-state index contributed by atoms with van der Waals surface area (Å²) in [7, 11) is 0. The molecular weight excluding hydrogens is 263 g/mol. The normalized spacial score (nSPS) is 18.9. The molecule has 6 heteroatoms. The van der Waals surface area contributed by atoms with E-state index in [9.17, 15) is 14.5 Å². The van der Waals surface area contributed by atoms with Gasteiger partial charge in [-0.25, -0.2) is 4.39 Å². The Morgan fingerprint density at radius 1 is 1.45 bits per heavy atom. The van der Waals surface area contributed by atoms with Crippen molar-refractivity contribution in [2.24, 2.45) is 0 Å². The molecule has 0 amide bonds. The lowest BCUT2D eigenvalue weighted by atomic mass is 10.0. The first-order valence-corrected chi connectivity index (χ1v) is 6.91. The van der Waals surface area contributed by atoms with E-state index < -0.39 is 10.7 Å². The molecule has 110 valence electrons. The average Bonchev–Trinajstić information content (AvgIpc) is 2.44. The van der Waals surface area contributed by atoms with Crippen LogP contribution in [0.5, 0.6) is 0 Å². The van der Waals surface area contributed by atoms with Gasteiger partial charge in [0.25, 0.3) is 5.69 Å². The largest absolute Gasteiger partial charge is 0.376 e. The zero-order valence-electron chi connectivity index (χ0n) is 11.3. The summed E-state index contributed by atoms with van der Waals surface area (Å²) < 4.78 is 18.6. The highest BCUT2D eigenvalue weighted by Gasteiger charge is 2.15. The van der Waals surface area contributed by atoms with Crippen molar-refractivity contribution in [3.63, 3.8) is 0 Å². The van der Waals surface area contributed by atoms with Gasteiger partial charge >= 0.3 is 0 Å². The van der Waals surface area contributed by atoms with Crippen molar-refractivity contribution in [1.29, 1.82) is 0 Å². The Morgan fingerprint density at radius 2 is 2.30 bits per heavy atom. The van der Waals surface area contributed by atoms with Gasteiger partial charge in [-0.3, -0.25) is 10.1 Å². The third kappa shape index (κ3) is 4.25. The minimum atomic E-state index is -0.513. The highest BCUT2D eigenvalue weighted by Crippen LogP contribution is 2.20. The number of rotatable bonds is 6. The van der Waals surface area contributed by atoms with Gasteiger partial charge in [0.15, 0.2) is 0 Å². The van der Waals surface area contributed by atoms with Gasteiger partial charge in [0.1, 0.15) is 5.82 Å². The van der Waals surface area contributed by atoms with Crippen LogP contribution in [0.4, 0.5) is 10.1 Å². The number of nitrogens with zero attached hydrogens (tertiary/aromatic N) is 1. The lowest BCUT2D eigenvalue weighted by Gasteiger charge is -2.23. The van der Waals surface area contributed by atoms with Crippen LogP contribution in [-0.4, -0.2) is 24.1 Å². The van der Waals surface area contributed by atoms with Crippen LogP contribution in [-0.2, 0) is 11.3 Å². The van der Waals surface area contributed by atoms with Crippen molar-refractivity contribution in [3.05, 3.63) is 39.7 Å². The summed E-state index contributed by atoms with van der Waals surface area (Å²) in [5.74, 6) is -0.483. The van der Waals surface area contributed by atoms with Gasteiger partial charge in [-0.05, 0) is 37.9 Å². The molecule has 1 atom stereocenters. The molecule has 0 saturated carbocycles. The summed E-state index contributed by atoms with van der Waals surface area (Å²) in [6.07, 6.45) is 4.46. The molecule has 0 spiro atoms. The number of halogens is 1. The molecule has 1 aromatic carbocycles. The van der Waals surface area contributed by atoms with Crippen molar-refractivity contribution in [1.82, 2.24) is 5.32 Å². The quantitative estimate of drug-likeness (QED) is 0.495. The van der Waals surface area contributed by atoms with E-state index in [1.165, 1.54) is 18.9 Å². The molecule has 1 N–H and O–H groups in total. The van der Waals surface area contributed by atoms with E-state index in [1.807, 2.05) is 0 Å². The highest BCUT2D eigenvalue weighted by atomic mass is 19.1. The number of nitro benzene ring substituents is 1. The Morgan fingerprint density at radius 3 is 3.00 bits per heavy atom. The number of piperidine rings is 1. The van der Waals surface area contributed by atoms with E-state index in [2.05, 4.69) is 5.32 Å². The lowest BCUT2D eigenvalue weighted by Crippen LogP contribution is -2.34. The Bertz CT molecular complexity index is 462. The molecule has 0 aromatic heterocycles. The van der Waals surface area contributed by atoms with Crippen molar-refractivity contribution in [3.8, 4) is 0 Å². The Hall–Kier alpha value is -1.53. The second-order valence-corrected chi connectivity index (χ2v) is 5.02. The third-order valence-electron chi connectivity index (χ3n) is 3.52. The Balaban J connectivity index is 1.81. The summed E-state index contributed by atoms with van der Waals surface area (Å²) in [4.78, 5) is 10.3. The molecule has 0 bridgehead atoms. The van der Waals surface area contributed by atoms with Gasteiger partial charge in [-0.15, -0.1) is 0 Å². The van der Waals surface area contributed by atoms with E-state index in [0.29, 0.717) is 12.6 Å². The average molecular weight is 282 g/mol. The summed E-state index contributed by atoms with van der Waals surface area (Å²) in [6.45, 7) is 1.63. The monoisotopic (exact) mass is 282 g/mol. The highest BCUT2D eigenvalue weighted by molar-refractivity contribution is 5.39. The number of nitro groups is 1. The van der Waals surface area contributed by atoms with Crippen molar-refractivity contribution in [2.75, 3.05) is 13.2 Å². The van der Waals surface area contributed by atoms with Crippen LogP contribution in [0.1, 0.15) is 31.2 Å². The van der Waals surface area contributed by atoms with Gasteiger partial charge in [0, 0.05) is 18.7 Å². The van der Waals surface area contributed by atoms with Crippen LogP contribution >= 0.6 is 0 Å². The van der Waals surface area contributed by atoms with Crippen LogP contribution in [0.25, 0.3) is 0 Å². The molecule has 1 saturated heterocycles. The summed E-state index contributed by atoms with van der Waals surface area (Å²) in [5.41, 5.74) is 0.189. The molecule has 1 heterocycles. The van der Waals surface area contributed by atoms with Gasteiger partial charge in [-0.2, -0.15) is 0 Å². The van der Waals surface area contributed by atoms with Crippen LogP contribution < -0.4 is 5.32 Å². The van der Waals surface area contributed by atoms with Crippen LogP contribution in [0.3, 0.4) is 0 Å². The van der Waals surface area contributed by atoms with Gasteiger partial charge in [0.2, 0.25) is 0 Å². The Kier molecular flexibility index (Phi) is 5.43. The SMILES string of the molecule is O=[N+]([O-])c1ccc(F)cc1COCCC1CCCCN1. The number of ether oxygens (including phenoxy) is 1.